The zero-order valence-corrected chi connectivity index (χ0v) is 15.3. The van der Waals surface area contributed by atoms with Crippen LogP contribution in [0.5, 0.6) is 0 Å². The number of hydrogen-bond donors (Lipinski definition) is 0. The Bertz CT molecular complexity index is 626. The second-order valence-corrected chi connectivity index (χ2v) is 7.20. The molecule has 0 spiro atoms. The van der Waals surface area contributed by atoms with Gasteiger partial charge in [-0.3, -0.25) is 4.79 Å². The molecule has 0 N–H and O–H groups in total. The number of benzene rings is 1. The molecule has 1 aromatic rings. The normalized spacial score (nSPS) is 20.9. The van der Waals surface area contributed by atoms with Gasteiger partial charge in [-0.15, -0.1) is 0 Å². The molecule has 1 aliphatic heterocycles. The summed E-state index contributed by atoms with van der Waals surface area (Å²) in [4.78, 5) is 26.2. The van der Waals surface area contributed by atoms with Crippen molar-refractivity contribution >= 4 is 12.1 Å². The van der Waals surface area contributed by atoms with Crippen molar-refractivity contribution in [3.63, 3.8) is 0 Å². The summed E-state index contributed by atoms with van der Waals surface area (Å²) < 4.78 is 24.9. The molecule has 5 nitrogen and oxygen atoms in total. The molecule has 1 aromatic carbocycles. The van der Waals surface area contributed by atoms with Crippen LogP contribution in [0, 0.1) is 11.7 Å². The minimum atomic E-state index is -0.609. The molecule has 0 aliphatic carbocycles. The monoisotopic (exact) mass is 351 g/mol. The SMILES string of the molecule is CCOC(=O)[C@@H]1CCN(C(=O)OC(C)(C)C)C[C@@H]1c1ccccc1F. The molecule has 138 valence electrons. The van der Waals surface area contributed by atoms with E-state index < -0.39 is 23.5 Å². The number of amides is 1. The molecule has 1 saturated heterocycles. The second kappa shape index (κ2) is 7.85. The lowest BCUT2D eigenvalue weighted by molar-refractivity contribution is -0.150. The van der Waals surface area contributed by atoms with Crippen LogP contribution in [0.1, 0.15) is 45.6 Å². The summed E-state index contributed by atoms with van der Waals surface area (Å²) in [5.74, 6) is -1.66. The number of piperidine rings is 1. The lowest BCUT2D eigenvalue weighted by atomic mass is 9.80. The molecule has 1 amide bonds. The zero-order chi connectivity index (χ0) is 18.6. The van der Waals surface area contributed by atoms with Gasteiger partial charge in [0.25, 0.3) is 0 Å². The zero-order valence-electron chi connectivity index (χ0n) is 15.3. The van der Waals surface area contributed by atoms with Crippen molar-refractivity contribution in [3.05, 3.63) is 35.6 Å². The summed E-state index contributed by atoms with van der Waals surface area (Å²) in [5.41, 5.74) is -0.184. The number of carbonyl (C=O) groups is 2. The Morgan fingerprint density at radius 2 is 1.96 bits per heavy atom. The first-order valence-electron chi connectivity index (χ1n) is 8.62. The molecule has 25 heavy (non-hydrogen) atoms. The van der Waals surface area contributed by atoms with Crippen molar-refractivity contribution in [3.8, 4) is 0 Å². The van der Waals surface area contributed by atoms with Crippen LogP contribution >= 0.6 is 0 Å². The van der Waals surface area contributed by atoms with Crippen LogP contribution in [0.4, 0.5) is 9.18 Å². The lowest BCUT2D eigenvalue weighted by Crippen LogP contribution is -2.47. The van der Waals surface area contributed by atoms with Crippen molar-refractivity contribution < 1.29 is 23.5 Å². The number of hydrogen-bond acceptors (Lipinski definition) is 4. The number of ether oxygens (including phenoxy) is 2. The molecule has 6 heteroatoms. The summed E-state index contributed by atoms with van der Waals surface area (Å²) >= 11 is 0. The Kier molecular flexibility index (Phi) is 6.03. The van der Waals surface area contributed by atoms with Gasteiger partial charge >= 0.3 is 12.1 Å². The average molecular weight is 351 g/mol. The highest BCUT2D eigenvalue weighted by Gasteiger charge is 2.39. The van der Waals surface area contributed by atoms with Gasteiger partial charge in [-0.2, -0.15) is 0 Å². The average Bonchev–Trinajstić information content (AvgIpc) is 2.53. The van der Waals surface area contributed by atoms with Gasteiger partial charge in [0.15, 0.2) is 0 Å². The standard InChI is InChI=1S/C19H26FNO4/c1-5-24-17(22)14-10-11-21(18(23)25-19(2,3)4)12-15(14)13-8-6-7-9-16(13)20/h6-9,14-15H,5,10-12H2,1-4H3/t14-,15-/m1/s1. The molecular weight excluding hydrogens is 325 g/mol. The van der Waals surface area contributed by atoms with E-state index in [9.17, 15) is 14.0 Å². The summed E-state index contributed by atoms with van der Waals surface area (Å²) in [7, 11) is 0. The molecule has 1 aliphatic rings. The maximum Gasteiger partial charge on any atom is 0.410 e. The number of halogens is 1. The van der Waals surface area contributed by atoms with E-state index in [1.165, 1.54) is 11.0 Å². The van der Waals surface area contributed by atoms with Gasteiger partial charge in [0.2, 0.25) is 0 Å². The molecule has 0 unspecified atom stereocenters. The predicted molar refractivity (Wildman–Crippen MR) is 91.7 cm³/mol. The fraction of sp³-hybridized carbons (Fsp3) is 0.579. The van der Waals surface area contributed by atoms with Crippen molar-refractivity contribution in [2.45, 2.75) is 45.6 Å². The van der Waals surface area contributed by atoms with Gasteiger partial charge < -0.3 is 14.4 Å². The largest absolute Gasteiger partial charge is 0.466 e. The number of likely N-dealkylation sites (tertiary alicyclic amines) is 1. The third-order valence-electron chi connectivity index (χ3n) is 4.16. The molecule has 2 atom stereocenters. The van der Waals surface area contributed by atoms with E-state index in [1.54, 1.807) is 45.9 Å². The molecule has 0 aromatic heterocycles. The van der Waals surface area contributed by atoms with Crippen molar-refractivity contribution in [1.82, 2.24) is 4.90 Å². The molecule has 1 fully saturated rings. The van der Waals surface area contributed by atoms with Crippen LogP contribution in [0.25, 0.3) is 0 Å². The van der Waals surface area contributed by atoms with E-state index in [4.69, 9.17) is 9.47 Å². The van der Waals surface area contributed by atoms with Crippen molar-refractivity contribution in [2.24, 2.45) is 5.92 Å². The van der Waals surface area contributed by atoms with Gasteiger partial charge in [0.1, 0.15) is 11.4 Å². The molecule has 0 bridgehead atoms. The number of nitrogens with zero attached hydrogens (tertiary/aromatic N) is 1. The van der Waals surface area contributed by atoms with E-state index in [-0.39, 0.29) is 24.9 Å². The van der Waals surface area contributed by atoms with Crippen LogP contribution in [-0.4, -0.2) is 42.3 Å². The van der Waals surface area contributed by atoms with E-state index in [0.717, 1.165) is 0 Å². The van der Waals surface area contributed by atoms with E-state index >= 15 is 0 Å². The minimum absolute atomic E-state index is 0.222. The highest BCUT2D eigenvalue weighted by Crippen LogP contribution is 2.35. The van der Waals surface area contributed by atoms with Crippen molar-refractivity contribution in [2.75, 3.05) is 19.7 Å². The molecule has 2 rings (SSSR count). The van der Waals surface area contributed by atoms with Crippen molar-refractivity contribution in [1.29, 1.82) is 0 Å². The summed E-state index contributed by atoms with van der Waals surface area (Å²) in [6.07, 6.45) is -0.0342. The minimum Gasteiger partial charge on any atom is -0.466 e. The third kappa shape index (κ3) is 4.94. The highest BCUT2D eigenvalue weighted by molar-refractivity contribution is 5.75. The quantitative estimate of drug-likeness (QED) is 0.779. The van der Waals surface area contributed by atoms with Crippen LogP contribution in [0.3, 0.4) is 0 Å². The van der Waals surface area contributed by atoms with Gasteiger partial charge in [0, 0.05) is 19.0 Å². The Labute approximate surface area is 148 Å². The first-order chi connectivity index (χ1) is 11.7. The van der Waals surface area contributed by atoms with E-state index in [1.807, 2.05) is 0 Å². The fourth-order valence-corrected chi connectivity index (χ4v) is 3.07. The molecule has 1 heterocycles. The number of carbonyl (C=O) groups excluding carboxylic acids is 2. The maximum absolute atomic E-state index is 14.3. The van der Waals surface area contributed by atoms with E-state index in [2.05, 4.69) is 0 Å². The number of rotatable bonds is 3. The summed E-state index contributed by atoms with van der Waals surface area (Å²) in [5, 5.41) is 0. The smallest absolute Gasteiger partial charge is 0.410 e. The van der Waals surface area contributed by atoms with Crippen LogP contribution in [0.15, 0.2) is 24.3 Å². The van der Waals surface area contributed by atoms with Gasteiger partial charge in [0.05, 0.1) is 12.5 Å². The number of esters is 1. The Hall–Kier alpha value is -2.11. The summed E-state index contributed by atoms with van der Waals surface area (Å²) in [6.45, 7) is 8.00. The second-order valence-electron chi connectivity index (χ2n) is 7.20. The van der Waals surface area contributed by atoms with Crippen LogP contribution in [-0.2, 0) is 14.3 Å². The van der Waals surface area contributed by atoms with Gasteiger partial charge in [-0.25, -0.2) is 9.18 Å². The predicted octanol–water partition coefficient (Wildman–Crippen LogP) is 3.73. The lowest BCUT2D eigenvalue weighted by Gasteiger charge is -2.38. The molecule has 0 radical (unpaired) electrons. The topological polar surface area (TPSA) is 55.8 Å². The fourth-order valence-electron chi connectivity index (χ4n) is 3.07. The van der Waals surface area contributed by atoms with Gasteiger partial charge in [-0.05, 0) is 45.7 Å². The first kappa shape index (κ1) is 19.2. The molecular formula is C19H26FNO4. The van der Waals surface area contributed by atoms with Gasteiger partial charge in [-0.1, -0.05) is 18.2 Å². The maximum atomic E-state index is 14.3. The molecule has 0 saturated carbocycles. The highest BCUT2D eigenvalue weighted by atomic mass is 19.1. The van der Waals surface area contributed by atoms with E-state index in [0.29, 0.717) is 18.5 Å². The Morgan fingerprint density at radius 3 is 2.56 bits per heavy atom. The Morgan fingerprint density at radius 1 is 1.28 bits per heavy atom. The summed E-state index contributed by atoms with van der Waals surface area (Å²) in [6, 6.07) is 6.36. The third-order valence-corrected chi connectivity index (χ3v) is 4.16. The first-order valence-corrected chi connectivity index (χ1v) is 8.62. The van der Waals surface area contributed by atoms with Crippen LogP contribution < -0.4 is 0 Å². The Balaban J connectivity index is 2.25. The van der Waals surface area contributed by atoms with Crippen LogP contribution in [0.2, 0.25) is 0 Å².